The molecule has 1 aromatic rings. The number of anilines is 1. The minimum absolute atomic E-state index is 0.406. The second-order valence-corrected chi connectivity index (χ2v) is 5.04. The molecule has 0 aliphatic carbocycles. The fraction of sp³-hybridized carbons (Fsp3) is 0.273. The van der Waals surface area contributed by atoms with Gasteiger partial charge < -0.3 is 15.8 Å². The Kier molecular flexibility index (Phi) is 3.91. The number of benzene rings is 1. The molecule has 0 saturated heterocycles. The molecule has 3 N–H and O–H groups in total. The van der Waals surface area contributed by atoms with Crippen LogP contribution in [0.5, 0.6) is 0 Å². The predicted molar refractivity (Wildman–Crippen MR) is 64.8 cm³/mol. The maximum absolute atomic E-state index is 12.2. The highest BCUT2D eigenvalue weighted by molar-refractivity contribution is 8.00. The number of amides is 1. The zero-order chi connectivity index (χ0) is 14.9. The molecule has 2 atom stereocenters. The number of carbonyl (C=O) groups excluding carboxylic acids is 2. The first-order valence-corrected chi connectivity index (χ1v) is 6.27. The quantitative estimate of drug-likeness (QED) is 0.768. The number of carbonyl (C=O) groups is 2. The van der Waals surface area contributed by atoms with Gasteiger partial charge in [0.15, 0.2) is 5.44 Å². The van der Waals surface area contributed by atoms with Crippen LogP contribution in [-0.4, -0.2) is 29.5 Å². The molecule has 0 saturated carbocycles. The van der Waals surface area contributed by atoms with Crippen molar-refractivity contribution < 1.29 is 27.5 Å². The smallest absolute Gasteiger partial charge is 0.442 e. The standard InChI is InChI=1S/C11H9F3N2O3S/c12-11(13,14)10(18)19-9-7(15)8(17)16-5-3-1-2-4-6(5)20-9/h1-4,7,9H,15H2,(H,16,17). The fourth-order valence-corrected chi connectivity index (χ4v) is 2.54. The number of thioether (sulfide) groups is 1. The normalized spacial score (nSPS) is 22.5. The molecule has 5 nitrogen and oxygen atoms in total. The summed E-state index contributed by atoms with van der Waals surface area (Å²) in [4.78, 5) is 23.0. The van der Waals surface area contributed by atoms with Crippen molar-refractivity contribution in [3.05, 3.63) is 24.3 Å². The Balaban J connectivity index is 2.25. The minimum Gasteiger partial charge on any atom is -0.442 e. The van der Waals surface area contributed by atoms with E-state index < -0.39 is 29.5 Å². The Labute approximate surface area is 115 Å². The Bertz CT molecular complexity index is 550. The van der Waals surface area contributed by atoms with Crippen molar-refractivity contribution in [1.82, 2.24) is 0 Å². The van der Waals surface area contributed by atoms with Gasteiger partial charge in [-0.15, -0.1) is 0 Å². The van der Waals surface area contributed by atoms with E-state index in [1.54, 1.807) is 24.3 Å². The number of nitrogens with one attached hydrogen (secondary N) is 1. The van der Waals surface area contributed by atoms with Gasteiger partial charge in [0.2, 0.25) is 5.91 Å². The van der Waals surface area contributed by atoms with E-state index in [1.165, 1.54) is 0 Å². The monoisotopic (exact) mass is 306 g/mol. The first kappa shape index (κ1) is 14.7. The molecule has 0 spiro atoms. The third kappa shape index (κ3) is 3.05. The van der Waals surface area contributed by atoms with Crippen LogP contribution in [-0.2, 0) is 14.3 Å². The largest absolute Gasteiger partial charge is 0.490 e. The fourth-order valence-electron chi connectivity index (χ4n) is 1.48. The van der Waals surface area contributed by atoms with Crippen molar-refractivity contribution in [2.45, 2.75) is 22.5 Å². The molecule has 0 bridgehead atoms. The van der Waals surface area contributed by atoms with Crippen molar-refractivity contribution in [2.24, 2.45) is 5.73 Å². The average molecular weight is 306 g/mol. The molecule has 1 aromatic carbocycles. The summed E-state index contributed by atoms with van der Waals surface area (Å²) in [5.41, 5.74) is 4.47. The van der Waals surface area contributed by atoms with Crippen LogP contribution < -0.4 is 11.1 Å². The molecule has 0 radical (unpaired) electrons. The molecule has 0 fully saturated rings. The summed E-state index contributed by atoms with van der Waals surface area (Å²) in [5, 5.41) is 2.46. The highest BCUT2D eigenvalue weighted by Crippen LogP contribution is 2.36. The number of hydrogen-bond acceptors (Lipinski definition) is 5. The van der Waals surface area contributed by atoms with Crippen LogP contribution in [0, 0.1) is 0 Å². The number of alkyl halides is 3. The van der Waals surface area contributed by atoms with Crippen LogP contribution in [0.1, 0.15) is 0 Å². The second-order valence-electron chi connectivity index (χ2n) is 3.90. The van der Waals surface area contributed by atoms with Gasteiger partial charge in [0.1, 0.15) is 6.04 Å². The van der Waals surface area contributed by atoms with E-state index in [1.807, 2.05) is 0 Å². The molecule has 2 rings (SSSR count). The Morgan fingerprint density at radius 2 is 2.00 bits per heavy atom. The number of nitrogens with two attached hydrogens (primary N) is 1. The van der Waals surface area contributed by atoms with Crippen LogP contribution in [0.15, 0.2) is 29.2 Å². The zero-order valence-electron chi connectivity index (χ0n) is 9.81. The molecular weight excluding hydrogens is 297 g/mol. The zero-order valence-corrected chi connectivity index (χ0v) is 10.6. The lowest BCUT2D eigenvalue weighted by Crippen LogP contribution is -2.46. The lowest BCUT2D eigenvalue weighted by atomic mass is 10.2. The second kappa shape index (κ2) is 5.33. The summed E-state index contributed by atoms with van der Waals surface area (Å²) in [6.07, 6.45) is -5.14. The lowest BCUT2D eigenvalue weighted by Gasteiger charge is -2.20. The molecule has 1 amide bonds. The predicted octanol–water partition coefficient (Wildman–Crippen LogP) is 1.49. The molecular formula is C11H9F3N2O3S. The van der Waals surface area contributed by atoms with Crippen molar-refractivity contribution >= 4 is 29.3 Å². The lowest BCUT2D eigenvalue weighted by molar-refractivity contribution is -0.201. The summed E-state index contributed by atoms with van der Waals surface area (Å²) in [6.45, 7) is 0. The van der Waals surface area contributed by atoms with Gasteiger partial charge in [0.25, 0.3) is 0 Å². The number of ether oxygens (including phenoxy) is 1. The van der Waals surface area contributed by atoms with Gasteiger partial charge in [-0.25, -0.2) is 4.79 Å². The summed E-state index contributed by atoms with van der Waals surface area (Å²) in [7, 11) is 0. The minimum atomic E-state index is -5.14. The van der Waals surface area contributed by atoms with Crippen LogP contribution in [0.4, 0.5) is 18.9 Å². The van der Waals surface area contributed by atoms with Gasteiger partial charge in [-0.05, 0) is 12.1 Å². The molecule has 108 valence electrons. The van der Waals surface area contributed by atoms with Gasteiger partial charge in [-0.2, -0.15) is 13.2 Å². The number of esters is 1. The van der Waals surface area contributed by atoms with E-state index >= 15 is 0 Å². The topological polar surface area (TPSA) is 81.4 Å². The molecule has 9 heteroatoms. The van der Waals surface area contributed by atoms with Gasteiger partial charge in [-0.1, -0.05) is 23.9 Å². The third-order valence-corrected chi connectivity index (χ3v) is 3.67. The van der Waals surface area contributed by atoms with E-state index in [9.17, 15) is 22.8 Å². The van der Waals surface area contributed by atoms with E-state index in [-0.39, 0.29) is 0 Å². The molecule has 1 aliphatic heterocycles. The average Bonchev–Trinajstić information content (AvgIpc) is 2.48. The Morgan fingerprint density at radius 1 is 1.35 bits per heavy atom. The maximum Gasteiger partial charge on any atom is 0.490 e. The highest BCUT2D eigenvalue weighted by atomic mass is 32.2. The van der Waals surface area contributed by atoms with Crippen molar-refractivity contribution in [3.63, 3.8) is 0 Å². The van der Waals surface area contributed by atoms with Gasteiger partial charge in [-0.3, -0.25) is 4.79 Å². The van der Waals surface area contributed by atoms with Crippen molar-refractivity contribution in [3.8, 4) is 0 Å². The maximum atomic E-state index is 12.2. The first-order chi connectivity index (χ1) is 9.29. The highest BCUT2D eigenvalue weighted by Gasteiger charge is 2.44. The summed E-state index contributed by atoms with van der Waals surface area (Å²) in [5.74, 6) is -3.10. The Hall–Kier alpha value is -1.74. The van der Waals surface area contributed by atoms with Gasteiger partial charge >= 0.3 is 12.1 Å². The third-order valence-electron chi connectivity index (χ3n) is 2.44. The molecule has 20 heavy (non-hydrogen) atoms. The van der Waals surface area contributed by atoms with Gasteiger partial charge in [0.05, 0.1) is 5.69 Å². The number of para-hydroxylation sites is 1. The van der Waals surface area contributed by atoms with Crippen molar-refractivity contribution in [1.29, 1.82) is 0 Å². The molecule has 1 heterocycles. The van der Waals surface area contributed by atoms with E-state index in [2.05, 4.69) is 10.1 Å². The summed E-state index contributed by atoms with van der Waals surface area (Å²) < 4.78 is 40.9. The first-order valence-electron chi connectivity index (χ1n) is 5.39. The van der Waals surface area contributed by atoms with Crippen LogP contribution >= 0.6 is 11.8 Å². The summed E-state index contributed by atoms with van der Waals surface area (Å²) >= 11 is 0.783. The SMILES string of the molecule is NC1C(=O)Nc2ccccc2SC1OC(=O)C(F)(F)F. The van der Waals surface area contributed by atoms with E-state index in [0.717, 1.165) is 11.8 Å². The van der Waals surface area contributed by atoms with Crippen LogP contribution in [0.3, 0.4) is 0 Å². The molecule has 1 aliphatic rings. The Morgan fingerprint density at radius 3 is 2.65 bits per heavy atom. The number of rotatable bonds is 1. The number of halogens is 3. The van der Waals surface area contributed by atoms with E-state index in [0.29, 0.717) is 10.6 Å². The number of fused-ring (bicyclic) bond motifs is 1. The van der Waals surface area contributed by atoms with Crippen molar-refractivity contribution in [2.75, 3.05) is 5.32 Å². The molecule has 2 unspecified atom stereocenters. The summed E-state index contributed by atoms with van der Waals surface area (Å²) in [6, 6.07) is 5.02. The van der Waals surface area contributed by atoms with E-state index in [4.69, 9.17) is 5.73 Å². The van der Waals surface area contributed by atoms with Gasteiger partial charge in [0, 0.05) is 4.90 Å². The van der Waals surface area contributed by atoms with Crippen LogP contribution in [0.25, 0.3) is 0 Å². The number of hydrogen-bond donors (Lipinski definition) is 2. The molecule has 0 aromatic heterocycles. The van der Waals surface area contributed by atoms with Crippen LogP contribution in [0.2, 0.25) is 0 Å².